The lowest BCUT2D eigenvalue weighted by Gasteiger charge is -2.24. The molecule has 0 bridgehead atoms. The van der Waals surface area contributed by atoms with Crippen LogP contribution < -0.4 is 5.32 Å². The second kappa shape index (κ2) is 6.90. The lowest BCUT2D eigenvalue weighted by molar-refractivity contribution is 0.302. The minimum atomic E-state index is 0.893. The summed E-state index contributed by atoms with van der Waals surface area (Å²) in [6, 6.07) is 0.893. The second-order valence-corrected chi connectivity index (χ2v) is 6.61. The molecule has 0 aromatic carbocycles. The van der Waals surface area contributed by atoms with Crippen molar-refractivity contribution in [2.24, 2.45) is 11.8 Å². The molecule has 1 unspecified atom stereocenters. The van der Waals surface area contributed by atoms with Crippen LogP contribution in [-0.4, -0.2) is 24.6 Å². The molecule has 2 aliphatic carbocycles. The number of thioether (sulfide) groups is 1. The molecule has 1 nitrogen and oxygen atoms in total. The Bertz CT molecular complexity index is 185. The first-order valence-electron chi connectivity index (χ1n) is 7.12. The monoisotopic (exact) mass is 241 g/mol. The molecule has 2 saturated carbocycles. The fourth-order valence-corrected chi connectivity index (χ4v) is 3.48. The minimum Gasteiger partial charge on any atom is -0.314 e. The van der Waals surface area contributed by atoms with Gasteiger partial charge in [0.1, 0.15) is 0 Å². The van der Waals surface area contributed by atoms with Crippen LogP contribution in [0, 0.1) is 11.8 Å². The van der Waals surface area contributed by atoms with Gasteiger partial charge in [0.25, 0.3) is 0 Å². The van der Waals surface area contributed by atoms with Crippen molar-refractivity contribution in [2.75, 3.05) is 18.6 Å². The first-order chi connectivity index (χ1) is 7.90. The third-order valence-corrected chi connectivity index (χ3v) is 4.93. The van der Waals surface area contributed by atoms with Crippen molar-refractivity contribution in [1.29, 1.82) is 0 Å². The van der Waals surface area contributed by atoms with E-state index in [0.29, 0.717) is 0 Å². The Morgan fingerprint density at radius 2 is 1.94 bits per heavy atom. The largest absolute Gasteiger partial charge is 0.314 e. The summed E-state index contributed by atoms with van der Waals surface area (Å²) < 4.78 is 0. The molecule has 2 heteroatoms. The van der Waals surface area contributed by atoms with Gasteiger partial charge in [-0.3, -0.25) is 0 Å². The predicted molar refractivity (Wildman–Crippen MR) is 74.1 cm³/mol. The van der Waals surface area contributed by atoms with Gasteiger partial charge in [-0.1, -0.05) is 25.7 Å². The fourth-order valence-electron chi connectivity index (χ4n) is 3.03. The number of rotatable bonds is 8. The summed E-state index contributed by atoms with van der Waals surface area (Å²) in [6.45, 7) is 1.31. The molecule has 16 heavy (non-hydrogen) atoms. The molecule has 94 valence electrons. The van der Waals surface area contributed by atoms with Crippen LogP contribution in [0.25, 0.3) is 0 Å². The van der Waals surface area contributed by atoms with Crippen LogP contribution in [0.5, 0.6) is 0 Å². The van der Waals surface area contributed by atoms with Crippen LogP contribution in [-0.2, 0) is 0 Å². The van der Waals surface area contributed by atoms with Gasteiger partial charge >= 0.3 is 0 Å². The van der Waals surface area contributed by atoms with E-state index in [1.807, 2.05) is 11.8 Å². The van der Waals surface area contributed by atoms with E-state index in [1.165, 1.54) is 63.7 Å². The van der Waals surface area contributed by atoms with Gasteiger partial charge in [-0.25, -0.2) is 0 Å². The molecule has 2 fully saturated rings. The van der Waals surface area contributed by atoms with Crippen LogP contribution in [0.1, 0.15) is 51.4 Å². The maximum absolute atomic E-state index is 3.75. The van der Waals surface area contributed by atoms with E-state index in [4.69, 9.17) is 0 Å². The average Bonchev–Trinajstić information content (AvgIpc) is 2.96. The molecule has 0 saturated heterocycles. The summed E-state index contributed by atoms with van der Waals surface area (Å²) in [4.78, 5) is 0. The average molecular weight is 241 g/mol. The standard InChI is InChI=1S/C14H27NS/c1-16-10-4-7-13(11-15-14-8-9-14)12-5-2-3-6-12/h12-15H,2-11H2,1H3. The van der Waals surface area contributed by atoms with Gasteiger partial charge in [0.2, 0.25) is 0 Å². The lowest BCUT2D eigenvalue weighted by Crippen LogP contribution is -2.29. The lowest BCUT2D eigenvalue weighted by atomic mass is 9.87. The van der Waals surface area contributed by atoms with Crippen molar-refractivity contribution in [3.05, 3.63) is 0 Å². The Morgan fingerprint density at radius 3 is 2.56 bits per heavy atom. The van der Waals surface area contributed by atoms with Gasteiger partial charge < -0.3 is 5.32 Å². The molecule has 0 aromatic rings. The highest BCUT2D eigenvalue weighted by molar-refractivity contribution is 7.98. The Balaban J connectivity index is 1.69. The molecule has 0 heterocycles. The molecule has 1 N–H and O–H groups in total. The van der Waals surface area contributed by atoms with Crippen molar-refractivity contribution < 1.29 is 0 Å². The Hall–Kier alpha value is 0.310. The van der Waals surface area contributed by atoms with E-state index in [9.17, 15) is 0 Å². The molecule has 0 aliphatic heterocycles. The zero-order chi connectivity index (χ0) is 11.2. The molecule has 2 rings (SSSR count). The van der Waals surface area contributed by atoms with Crippen LogP contribution in [0.3, 0.4) is 0 Å². The molecule has 0 radical (unpaired) electrons. The van der Waals surface area contributed by atoms with E-state index >= 15 is 0 Å². The van der Waals surface area contributed by atoms with Crippen LogP contribution in [0.2, 0.25) is 0 Å². The van der Waals surface area contributed by atoms with E-state index in [2.05, 4.69) is 11.6 Å². The van der Waals surface area contributed by atoms with Gasteiger partial charge in [0.15, 0.2) is 0 Å². The highest BCUT2D eigenvalue weighted by atomic mass is 32.2. The molecule has 0 aromatic heterocycles. The van der Waals surface area contributed by atoms with Crippen molar-refractivity contribution in [3.63, 3.8) is 0 Å². The molecule has 2 aliphatic rings. The van der Waals surface area contributed by atoms with Gasteiger partial charge in [-0.05, 0) is 56.1 Å². The maximum Gasteiger partial charge on any atom is 0.00683 e. The van der Waals surface area contributed by atoms with Crippen LogP contribution >= 0.6 is 11.8 Å². The Kier molecular flexibility index (Phi) is 5.51. The predicted octanol–water partition coefficient (Wildman–Crippen LogP) is 3.69. The second-order valence-electron chi connectivity index (χ2n) is 5.62. The van der Waals surface area contributed by atoms with Crippen molar-refractivity contribution in [1.82, 2.24) is 5.32 Å². The fraction of sp³-hybridized carbons (Fsp3) is 1.00. The highest BCUT2D eigenvalue weighted by Gasteiger charge is 2.27. The molecular weight excluding hydrogens is 214 g/mol. The summed E-state index contributed by atoms with van der Waals surface area (Å²) in [5, 5.41) is 3.75. The van der Waals surface area contributed by atoms with E-state index in [1.54, 1.807) is 0 Å². The topological polar surface area (TPSA) is 12.0 Å². The smallest absolute Gasteiger partial charge is 0.00683 e. The van der Waals surface area contributed by atoms with Gasteiger partial charge in [0, 0.05) is 6.04 Å². The number of hydrogen-bond donors (Lipinski definition) is 1. The summed E-state index contributed by atoms with van der Waals surface area (Å²) in [6.07, 6.45) is 14.0. The van der Waals surface area contributed by atoms with Gasteiger partial charge in [-0.2, -0.15) is 11.8 Å². The maximum atomic E-state index is 3.75. The SMILES string of the molecule is CSCCCC(CNC1CC1)C1CCCC1. The third-order valence-electron chi connectivity index (χ3n) is 4.24. The van der Waals surface area contributed by atoms with Crippen molar-refractivity contribution >= 4 is 11.8 Å². The van der Waals surface area contributed by atoms with E-state index in [-0.39, 0.29) is 0 Å². The molecule has 0 spiro atoms. The normalized spacial score (nSPS) is 23.8. The minimum absolute atomic E-state index is 0.893. The molecular formula is C14H27NS. The molecule has 1 atom stereocenters. The summed E-state index contributed by atoms with van der Waals surface area (Å²) in [7, 11) is 0. The first kappa shape index (κ1) is 12.8. The summed E-state index contributed by atoms with van der Waals surface area (Å²) in [5.74, 6) is 3.38. The number of hydrogen-bond acceptors (Lipinski definition) is 2. The quantitative estimate of drug-likeness (QED) is 0.651. The third kappa shape index (κ3) is 4.29. The van der Waals surface area contributed by atoms with Crippen LogP contribution in [0.4, 0.5) is 0 Å². The van der Waals surface area contributed by atoms with Gasteiger partial charge in [-0.15, -0.1) is 0 Å². The summed E-state index contributed by atoms with van der Waals surface area (Å²) >= 11 is 2.00. The highest BCUT2D eigenvalue weighted by Crippen LogP contribution is 2.34. The zero-order valence-corrected chi connectivity index (χ0v) is 11.5. The zero-order valence-electron chi connectivity index (χ0n) is 10.7. The summed E-state index contributed by atoms with van der Waals surface area (Å²) in [5.41, 5.74) is 0. The van der Waals surface area contributed by atoms with E-state index in [0.717, 1.165) is 17.9 Å². The number of nitrogens with one attached hydrogen (secondary N) is 1. The molecule has 0 amide bonds. The van der Waals surface area contributed by atoms with Crippen molar-refractivity contribution in [2.45, 2.75) is 57.4 Å². The Labute approximate surface area is 105 Å². The van der Waals surface area contributed by atoms with Crippen LogP contribution in [0.15, 0.2) is 0 Å². The Morgan fingerprint density at radius 1 is 1.19 bits per heavy atom. The van der Waals surface area contributed by atoms with Crippen molar-refractivity contribution in [3.8, 4) is 0 Å². The van der Waals surface area contributed by atoms with Gasteiger partial charge in [0.05, 0.1) is 0 Å². The van der Waals surface area contributed by atoms with E-state index < -0.39 is 0 Å². The first-order valence-corrected chi connectivity index (χ1v) is 8.52.